The molecule has 37 heavy (non-hydrogen) atoms. The highest BCUT2D eigenvalue weighted by molar-refractivity contribution is 6.09. The van der Waals surface area contributed by atoms with Crippen molar-refractivity contribution >= 4 is 45.0 Å². The topological polar surface area (TPSA) is 76.0 Å². The molecule has 8 heteroatoms. The van der Waals surface area contributed by atoms with Crippen molar-refractivity contribution < 1.29 is 19.1 Å². The van der Waals surface area contributed by atoms with Gasteiger partial charge in [0.15, 0.2) is 0 Å². The smallest absolute Gasteiger partial charge is 0.250 e. The average molecular weight is 501 g/mol. The Bertz CT molecular complexity index is 1420. The van der Waals surface area contributed by atoms with Gasteiger partial charge in [0.05, 0.1) is 12.8 Å². The molecule has 1 N–H and O–H groups in total. The molecule has 192 valence electrons. The minimum absolute atomic E-state index is 0.110. The number of methoxy groups -OCH3 is 1. The number of anilines is 2. The molecule has 1 fully saturated rings. The van der Waals surface area contributed by atoms with E-state index in [-0.39, 0.29) is 25.0 Å². The first-order valence-electron chi connectivity index (χ1n) is 12.6. The Morgan fingerprint density at radius 1 is 0.865 bits per heavy atom. The van der Waals surface area contributed by atoms with Gasteiger partial charge in [-0.25, -0.2) is 0 Å². The molecule has 5 rings (SSSR count). The van der Waals surface area contributed by atoms with Crippen LogP contribution in [0.1, 0.15) is 6.92 Å². The minimum Gasteiger partial charge on any atom is -0.495 e. The molecule has 2 amide bonds. The molecule has 2 heterocycles. The summed E-state index contributed by atoms with van der Waals surface area (Å²) in [6.07, 6.45) is 0. The van der Waals surface area contributed by atoms with E-state index in [9.17, 15) is 9.59 Å². The molecule has 1 aliphatic heterocycles. The number of hydrogen-bond acceptors (Lipinski definition) is 5. The summed E-state index contributed by atoms with van der Waals surface area (Å²) >= 11 is 0. The Morgan fingerprint density at radius 2 is 1.59 bits per heavy atom. The van der Waals surface area contributed by atoms with Gasteiger partial charge in [0, 0.05) is 60.2 Å². The van der Waals surface area contributed by atoms with Crippen molar-refractivity contribution in [2.24, 2.45) is 0 Å². The van der Waals surface area contributed by atoms with Crippen LogP contribution in [0.25, 0.3) is 21.8 Å². The average Bonchev–Trinajstić information content (AvgIpc) is 3.26. The number of benzene rings is 3. The summed E-state index contributed by atoms with van der Waals surface area (Å²) in [5.74, 6) is 0.431. The molecular formula is C29H32N4O4. The second-order valence-corrected chi connectivity index (χ2v) is 9.07. The molecule has 3 aromatic carbocycles. The zero-order valence-corrected chi connectivity index (χ0v) is 21.3. The molecule has 0 radical (unpaired) electrons. The molecular weight excluding hydrogens is 468 g/mol. The Morgan fingerprint density at radius 3 is 2.38 bits per heavy atom. The molecule has 0 bridgehead atoms. The summed E-state index contributed by atoms with van der Waals surface area (Å²) in [7, 11) is 1.66. The van der Waals surface area contributed by atoms with Crippen molar-refractivity contribution in [1.29, 1.82) is 0 Å². The van der Waals surface area contributed by atoms with E-state index in [0.29, 0.717) is 31.9 Å². The third-order valence-electron chi connectivity index (χ3n) is 6.89. The van der Waals surface area contributed by atoms with Gasteiger partial charge in [-0.2, -0.15) is 0 Å². The molecule has 0 aliphatic carbocycles. The third-order valence-corrected chi connectivity index (χ3v) is 6.89. The van der Waals surface area contributed by atoms with Crippen LogP contribution in [0.4, 0.5) is 11.4 Å². The summed E-state index contributed by atoms with van der Waals surface area (Å²) in [5.41, 5.74) is 4.05. The molecule has 1 aromatic heterocycles. The van der Waals surface area contributed by atoms with Crippen LogP contribution in [0.15, 0.2) is 66.7 Å². The van der Waals surface area contributed by atoms with Gasteiger partial charge in [-0.1, -0.05) is 30.3 Å². The molecule has 0 unspecified atom stereocenters. The third kappa shape index (κ3) is 5.11. The van der Waals surface area contributed by atoms with E-state index in [1.807, 2.05) is 54.6 Å². The molecule has 0 saturated carbocycles. The van der Waals surface area contributed by atoms with Crippen LogP contribution in [-0.4, -0.2) is 67.8 Å². The summed E-state index contributed by atoms with van der Waals surface area (Å²) < 4.78 is 13.2. The second kappa shape index (κ2) is 10.9. The fourth-order valence-corrected chi connectivity index (χ4v) is 5.08. The minimum atomic E-state index is -0.285. The lowest BCUT2D eigenvalue weighted by Crippen LogP contribution is -2.50. The Kier molecular flexibility index (Phi) is 7.28. The first-order chi connectivity index (χ1) is 18.1. The number of rotatable bonds is 8. The summed E-state index contributed by atoms with van der Waals surface area (Å²) in [6.45, 7) is 5.31. The van der Waals surface area contributed by atoms with E-state index in [4.69, 9.17) is 9.47 Å². The zero-order chi connectivity index (χ0) is 25.8. The second-order valence-electron chi connectivity index (χ2n) is 9.07. The number of carbonyl (C=O) groups excluding carboxylic acids is 2. The van der Waals surface area contributed by atoms with Crippen molar-refractivity contribution in [3.8, 4) is 5.75 Å². The van der Waals surface area contributed by atoms with Crippen LogP contribution in [0, 0.1) is 0 Å². The Balaban J connectivity index is 1.12. The maximum absolute atomic E-state index is 12.6. The molecule has 1 saturated heterocycles. The highest BCUT2D eigenvalue weighted by Gasteiger charge is 2.23. The van der Waals surface area contributed by atoms with Crippen LogP contribution in [0.2, 0.25) is 0 Å². The molecule has 0 atom stereocenters. The van der Waals surface area contributed by atoms with Crippen molar-refractivity contribution in [3.63, 3.8) is 0 Å². The summed E-state index contributed by atoms with van der Waals surface area (Å²) in [5, 5.41) is 5.15. The lowest BCUT2D eigenvalue weighted by Gasteiger charge is -2.36. The van der Waals surface area contributed by atoms with Gasteiger partial charge in [0.25, 0.3) is 0 Å². The lowest BCUT2D eigenvalue weighted by atomic mass is 10.1. The summed E-state index contributed by atoms with van der Waals surface area (Å²) in [4.78, 5) is 29.1. The first kappa shape index (κ1) is 24.6. The number of aromatic nitrogens is 1. The van der Waals surface area contributed by atoms with Gasteiger partial charge in [-0.3, -0.25) is 9.59 Å². The lowest BCUT2D eigenvalue weighted by molar-refractivity contribution is -0.137. The number of aryl methyl sites for hydroxylation is 1. The van der Waals surface area contributed by atoms with E-state index in [1.54, 1.807) is 12.0 Å². The van der Waals surface area contributed by atoms with Gasteiger partial charge >= 0.3 is 0 Å². The Labute approximate surface area is 216 Å². The zero-order valence-electron chi connectivity index (χ0n) is 21.3. The van der Waals surface area contributed by atoms with Crippen LogP contribution in [0.5, 0.6) is 5.75 Å². The number of piperazine rings is 1. The highest BCUT2D eigenvalue weighted by Crippen LogP contribution is 2.31. The van der Waals surface area contributed by atoms with Crippen molar-refractivity contribution in [2.75, 3.05) is 56.7 Å². The van der Waals surface area contributed by atoms with Gasteiger partial charge in [-0.05, 0) is 43.3 Å². The van der Waals surface area contributed by atoms with Crippen molar-refractivity contribution in [1.82, 2.24) is 9.47 Å². The van der Waals surface area contributed by atoms with Gasteiger partial charge in [0.1, 0.15) is 19.0 Å². The number of nitrogens with zero attached hydrogens (tertiary/aromatic N) is 3. The van der Waals surface area contributed by atoms with E-state index >= 15 is 0 Å². The quantitative estimate of drug-likeness (QED) is 0.394. The van der Waals surface area contributed by atoms with E-state index in [1.165, 1.54) is 5.52 Å². The number of nitrogens with one attached hydrogen (secondary N) is 1. The standard InChI is InChI=1S/C29H32N4O4/c1-3-33-24-9-5-4-8-22(24)23-18-21(12-13-25(23)33)30-28(34)19-37-20-29(35)32-16-14-31(15-17-32)26-10-6-7-11-27(26)36-2/h4-13,18H,3,14-17,19-20H2,1-2H3,(H,30,34). The van der Waals surface area contributed by atoms with Gasteiger partial charge in [-0.15, -0.1) is 0 Å². The number of para-hydroxylation sites is 3. The van der Waals surface area contributed by atoms with E-state index in [2.05, 4.69) is 33.8 Å². The molecule has 8 nitrogen and oxygen atoms in total. The fourth-order valence-electron chi connectivity index (χ4n) is 5.08. The monoisotopic (exact) mass is 500 g/mol. The van der Waals surface area contributed by atoms with Crippen LogP contribution in [-0.2, 0) is 20.9 Å². The number of carbonyl (C=O) groups is 2. The largest absolute Gasteiger partial charge is 0.495 e. The highest BCUT2D eigenvalue weighted by atomic mass is 16.5. The first-order valence-corrected chi connectivity index (χ1v) is 12.6. The number of fused-ring (bicyclic) bond motifs is 3. The molecule has 4 aromatic rings. The van der Waals surface area contributed by atoms with Gasteiger partial charge < -0.3 is 29.2 Å². The van der Waals surface area contributed by atoms with Crippen molar-refractivity contribution in [3.05, 3.63) is 66.7 Å². The molecule has 0 spiro atoms. The van der Waals surface area contributed by atoms with Crippen LogP contribution < -0.4 is 15.0 Å². The normalized spacial score (nSPS) is 13.8. The number of hydrogen-bond donors (Lipinski definition) is 1. The predicted molar refractivity (Wildman–Crippen MR) is 146 cm³/mol. The van der Waals surface area contributed by atoms with E-state index in [0.717, 1.165) is 34.3 Å². The van der Waals surface area contributed by atoms with Crippen LogP contribution in [0.3, 0.4) is 0 Å². The van der Waals surface area contributed by atoms with Gasteiger partial charge in [0.2, 0.25) is 11.8 Å². The Hall–Kier alpha value is -4.04. The van der Waals surface area contributed by atoms with Crippen LogP contribution >= 0.6 is 0 Å². The maximum Gasteiger partial charge on any atom is 0.250 e. The SMILES string of the molecule is CCn1c2ccccc2c2cc(NC(=O)COCC(=O)N3CCN(c4ccccc4OC)CC3)ccc21. The number of amides is 2. The maximum atomic E-state index is 12.6. The fraction of sp³-hybridized carbons (Fsp3) is 0.310. The summed E-state index contributed by atoms with van der Waals surface area (Å²) in [6, 6.07) is 22.1. The number of ether oxygens (including phenoxy) is 2. The predicted octanol–water partition coefficient (Wildman–Crippen LogP) is 4.13. The molecule has 1 aliphatic rings. The van der Waals surface area contributed by atoms with E-state index < -0.39 is 0 Å². The van der Waals surface area contributed by atoms with Crippen molar-refractivity contribution in [2.45, 2.75) is 13.5 Å².